The maximum Gasteiger partial charge on any atom is 0.442 e. The van der Waals surface area contributed by atoms with Gasteiger partial charge in [0.2, 0.25) is 17.6 Å². The summed E-state index contributed by atoms with van der Waals surface area (Å²) in [5, 5.41) is 36.5. The van der Waals surface area contributed by atoms with Crippen LogP contribution in [0.15, 0.2) is 76.5 Å². The van der Waals surface area contributed by atoms with Crippen LogP contribution < -0.4 is 16.0 Å². The number of ether oxygens (including phenoxy) is 5. The molecular weight excluding hydrogens is 1150 g/mol. The van der Waals surface area contributed by atoms with E-state index in [2.05, 4.69) is 66.6 Å². The lowest BCUT2D eigenvalue weighted by Crippen LogP contribution is -2.46. The maximum atomic E-state index is 13.8. The van der Waals surface area contributed by atoms with Crippen LogP contribution in [0.3, 0.4) is 0 Å². The summed E-state index contributed by atoms with van der Waals surface area (Å²) in [6, 6.07) is 10.9. The molecule has 30 heteroatoms. The molecule has 5 atom stereocenters. The van der Waals surface area contributed by atoms with Gasteiger partial charge in [-0.05, 0) is 111 Å². The van der Waals surface area contributed by atoms with Crippen molar-refractivity contribution in [2.45, 2.75) is 160 Å². The number of nitrogens with one attached hydrogen (secondary N) is 3. The smallest absolute Gasteiger partial charge is 0.442 e. The Morgan fingerprint density at radius 2 is 1.55 bits per heavy atom. The first-order valence-corrected chi connectivity index (χ1v) is 29.1. The predicted molar refractivity (Wildman–Crippen MR) is 307 cm³/mol. The number of aromatic nitrogens is 8. The fourth-order valence-electron chi connectivity index (χ4n) is 9.23. The minimum absolute atomic E-state index is 0.0683. The molecule has 0 bridgehead atoms. The van der Waals surface area contributed by atoms with Gasteiger partial charge in [0, 0.05) is 61.8 Å². The number of amides is 4. The Morgan fingerprint density at radius 3 is 2.21 bits per heavy atom. The van der Waals surface area contributed by atoms with Crippen molar-refractivity contribution < 1.29 is 60.8 Å². The highest BCUT2D eigenvalue weighted by Gasteiger charge is 2.65. The van der Waals surface area contributed by atoms with Crippen molar-refractivity contribution in [2.24, 2.45) is 15.3 Å². The van der Waals surface area contributed by atoms with Crippen molar-refractivity contribution in [3.05, 3.63) is 83.7 Å². The second kappa shape index (κ2) is 26.8. The van der Waals surface area contributed by atoms with Gasteiger partial charge in [-0.1, -0.05) is 36.4 Å². The molecule has 0 spiro atoms. The van der Waals surface area contributed by atoms with Gasteiger partial charge in [0.25, 0.3) is 5.91 Å². The number of esters is 1. The van der Waals surface area contributed by atoms with E-state index in [4.69, 9.17) is 23.7 Å². The zero-order valence-corrected chi connectivity index (χ0v) is 50.3. The molecule has 6 heterocycles. The summed E-state index contributed by atoms with van der Waals surface area (Å²) in [7, 11) is 1.37. The van der Waals surface area contributed by atoms with Crippen LogP contribution >= 0.6 is 11.8 Å². The largest absolute Gasteiger partial charge is 0.458 e. The quantitative estimate of drug-likeness (QED) is 0.0225. The topological polar surface area (TPSA) is 306 Å². The van der Waals surface area contributed by atoms with Crippen molar-refractivity contribution >= 4 is 64.7 Å². The van der Waals surface area contributed by atoms with Gasteiger partial charge in [0.15, 0.2) is 34.8 Å². The van der Waals surface area contributed by atoms with E-state index in [1.165, 1.54) is 48.4 Å². The molecule has 26 nitrogen and oxygen atoms in total. The molecule has 2 fully saturated rings. The molecule has 0 aliphatic carbocycles. The standard InChI is InChI=1S/C56H71F3N16O10S/c1-33-67-69-45(70-68-33)35-17-15-34(16-18-35)28-74(41(77)14-13-26-65-73(10)48(78)36-19-21-37(22-20-36)55(71-72-55)56(57,58)59)29-40(76)60-24-11-12-25-61-46-42-47(63-31-62-46)75(32-64-42)49-44-43(82-54(8,9)83-44)39(81-49)30-86-27-23-38(50(79)84-52(2,3)4)66-51(80)85-53(5,6)7/h15-22,26,31-32,38-39,43-44,49H,11-14,23-25,27-30H2,1-10H3,(H,60,76)(H,66,80)(H,61,62,63)/b65-26+/t38-,39?,43?,44?,49?/m0/s1. The molecule has 86 heavy (non-hydrogen) atoms. The second-order valence-electron chi connectivity index (χ2n) is 23.1. The van der Waals surface area contributed by atoms with Gasteiger partial charge in [-0.25, -0.2) is 29.5 Å². The van der Waals surface area contributed by atoms with Crippen molar-refractivity contribution in [1.82, 2.24) is 60.5 Å². The number of carbonyl (C=O) groups is 5. The zero-order chi connectivity index (χ0) is 62.2. The second-order valence-corrected chi connectivity index (χ2v) is 24.2. The number of unbranched alkanes of at least 4 members (excludes halogenated alkanes) is 1. The molecule has 5 aromatic rings. The van der Waals surface area contributed by atoms with Gasteiger partial charge in [-0.15, -0.1) is 30.6 Å². The number of alkyl halides is 3. The highest BCUT2D eigenvalue weighted by atomic mass is 32.2. The molecule has 462 valence electrons. The Bertz CT molecular complexity index is 3260. The van der Waals surface area contributed by atoms with E-state index in [1.54, 1.807) is 83.6 Å². The van der Waals surface area contributed by atoms with E-state index in [0.29, 0.717) is 77.2 Å². The Hall–Kier alpha value is -7.83. The minimum Gasteiger partial charge on any atom is -0.458 e. The van der Waals surface area contributed by atoms with Gasteiger partial charge in [0.05, 0.1) is 19.0 Å². The van der Waals surface area contributed by atoms with E-state index in [-0.39, 0.29) is 55.3 Å². The van der Waals surface area contributed by atoms with Gasteiger partial charge in [-0.3, -0.25) is 19.0 Å². The molecular formula is C56H71F3N16O10S. The molecule has 3 N–H and O–H groups in total. The van der Waals surface area contributed by atoms with E-state index >= 15 is 0 Å². The third-order valence-electron chi connectivity index (χ3n) is 13.3. The van der Waals surface area contributed by atoms with Crippen LogP contribution in [0.2, 0.25) is 0 Å². The van der Waals surface area contributed by atoms with E-state index in [9.17, 15) is 37.1 Å². The number of aryl methyl sites for hydroxylation is 1. The van der Waals surface area contributed by atoms with Gasteiger partial charge in [0.1, 0.15) is 35.8 Å². The van der Waals surface area contributed by atoms with Crippen molar-refractivity contribution in [3.8, 4) is 11.4 Å². The molecule has 0 saturated carbocycles. The van der Waals surface area contributed by atoms with E-state index in [0.717, 1.165) is 17.1 Å². The number of thioether (sulfide) groups is 1. The molecule has 3 aliphatic rings. The van der Waals surface area contributed by atoms with Gasteiger partial charge in [-0.2, -0.15) is 30.0 Å². The number of halogens is 3. The molecule has 8 rings (SSSR count). The Balaban J connectivity index is 0.823. The van der Waals surface area contributed by atoms with E-state index < -0.39 is 77.4 Å². The third-order valence-corrected chi connectivity index (χ3v) is 14.4. The minimum atomic E-state index is -4.71. The monoisotopic (exact) mass is 1220 g/mol. The first-order valence-electron chi connectivity index (χ1n) is 27.9. The van der Waals surface area contributed by atoms with Gasteiger partial charge < -0.3 is 44.5 Å². The molecule has 4 unspecified atom stereocenters. The molecule has 2 aromatic carbocycles. The number of alkyl carbamates (subject to hydrolysis) is 1. The number of imidazole rings is 1. The number of nitrogens with zero attached hydrogens (tertiary/aromatic N) is 13. The van der Waals surface area contributed by atoms with Crippen LogP contribution in [-0.2, 0) is 50.3 Å². The van der Waals surface area contributed by atoms with E-state index in [1.807, 2.05) is 13.8 Å². The number of benzene rings is 2. The lowest BCUT2D eigenvalue weighted by molar-refractivity contribution is -0.193. The van der Waals surface area contributed by atoms with Crippen molar-refractivity contribution in [3.63, 3.8) is 0 Å². The SMILES string of the molecule is Cc1nnc(-c2ccc(CN(CC(=O)NCCCCNc3ncnc4c3ncn4C3OC(CSCC[C@H](NC(=O)OC(C)(C)C)C(=O)OC(C)(C)C)C4OC(C)(C)OC43)C(=O)CC/C=N/N(C)C(=O)c3ccc(C4(C(F)(F)F)N=N4)cc3)cc2)nn1. The maximum absolute atomic E-state index is 13.8. The number of anilines is 1. The summed E-state index contributed by atoms with van der Waals surface area (Å²) in [6.45, 7) is 16.5. The molecule has 3 aliphatic heterocycles. The number of hydrogen-bond donors (Lipinski definition) is 3. The number of fused-ring (bicyclic) bond motifs is 2. The summed E-state index contributed by atoms with van der Waals surface area (Å²) >= 11 is 1.53. The Kier molecular flexibility index (Phi) is 20.0. The Labute approximate surface area is 498 Å². The molecule has 3 aromatic heterocycles. The van der Waals surface area contributed by atoms with Crippen LogP contribution in [0.5, 0.6) is 0 Å². The average molecular weight is 1220 g/mol. The summed E-state index contributed by atoms with van der Waals surface area (Å²) in [4.78, 5) is 81.2. The third kappa shape index (κ3) is 16.8. The van der Waals surface area contributed by atoms with Crippen LogP contribution in [0.1, 0.15) is 121 Å². The molecule has 0 radical (unpaired) electrons. The van der Waals surface area contributed by atoms with Crippen molar-refractivity contribution in [2.75, 3.05) is 43.5 Å². The lowest BCUT2D eigenvalue weighted by Gasteiger charge is -2.26. The van der Waals surface area contributed by atoms with Crippen LogP contribution in [0.4, 0.5) is 23.8 Å². The summed E-state index contributed by atoms with van der Waals surface area (Å²) in [5.41, 5.74) is -1.89. The van der Waals surface area contributed by atoms with Crippen LogP contribution in [0.25, 0.3) is 22.6 Å². The number of carbonyl (C=O) groups excluding carboxylic acids is 5. The Morgan fingerprint density at radius 1 is 0.872 bits per heavy atom. The summed E-state index contributed by atoms with van der Waals surface area (Å²) < 4.78 is 72.6. The zero-order valence-electron chi connectivity index (χ0n) is 49.5. The van der Waals surface area contributed by atoms with Crippen molar-refractivity contribution in [1.29, 1.82) is 0 Å². The van der Waals surface area contributed by atoms with Crippen LogP contribution in [-0.4, -0.2) is 172 Å². The number of rotatable bonds is 25. The highest BCUT2D eigenvalue weighted by Crippen LogP contribution is 2.52. The fraction of sp³-hybridized carbons (Fsp3) is 0.554. The first-order chi connectivity index (χ1) is 40.6. The molecule has 2 saturated heterocycles. The average Bonchev–Trinajstić information content (AvgIpc) is 1.67. The highest BCUT2D eigenvalue weighted by molar-refractivity contribution is 7.99. The first kappa shape index (κ1) is 64.2. The summed E-state index contributed by atoms with van der Waals surface area (Å²) in [5.74, 6) is -0.639. The summed E-state index contributed by atoms with van der Waals surface area (Å²) in [6.07, 6.45) is -1.54. The lowest BCUT2D eigenvalue weighted by atomic mass is 10.0. The normalized spacial score (nSPS) is 19.0. The number of hydrogen-bond acceptors (Lipinski definition) is 22. The van der Waals surface area contributed by atoms with Crippen LogP contribution in [0, 0.1) is 6.92 Å². The van der Waals surface area contributed by atoms with Gasteiger partial charge >= 0.3 is 23.9 Å². The molecule has 4 amide bonds. The number of hydrazone groups is 1. The predicted octanol–water partition coefficient (Wildman–Crippen LogP) is 7.21. The fourth-order valence-corrected chi connectivity index (χ4v) is 10.3.